The molecule has 1 aromatic heterocycles. The normalized spacial score (nSPS) is 25.2. The lowest BCUT2D eigenvalue weighted by atomic mass is 10.1. The second kappa shape index (κ2) is 5.44. The van der Waals surface area contributed by atoms with Gasteiger partial charge in [0.1, 0.15) is 5.82 Å². The van der Waals surface area contributed by atoms with Crippen molar-refractivity contribution in [2.45, 2.75) is 38.6 Å². The average molecular weight is 311 g/mol. The Labute approximate surface area is 125 Å². The molecule has 1 atom stereocenters. The first kappa shape index (κ1) is 14.6. The zero-order valence-electron chi connectivity index (χ0n) is 12.3. The van der Waals surface area contributed by atoms with Gasteiger partial charge in [0, 0.05) is 13.1 Å². The molecule has 3 heterocycles. The quantitative estimate of drug-likeness (QED) is 0.788. The highest BCUT2D eigenvalue weighted by atomic mass is 32.2. The second-order valence-electron chi connectivity index (χ2n) is 5.99. The monoisotopic (exact) mass is 311 g/mol. The van der Waals surface area contributed by atoms with Crippen LogP contribution in [0.3, 0.4) is 0 Å². The first-order valence-electron chi connectivity index (χ1n) is 7.51. The van der Waals surface area contributed by atoms with E-state index in [-0.39, 0.29) is 17.5 Å². The lowest BCUT2D eigenvalue weighted by Gasteiger charge is -2.30. The summed E-state index contributed by atoms with van der Waals surface area (Å²) in [4.78, 5) is 13.6. The van der Waals surface area contributed by atoms with Crippen molar-refractivity contribution < 1.29 is 13.2 Å². The molecule has 3 rings (SSSR count). The molecule has 0 spiro atoms. The smallest absolute Gasteiger partial charge is 0.155 e. The number of hydrogen-bond donors (Lipinski definition) is 0. The number of sulfone groups is 1. The molecule has 0 aliphatic carbocycles. The molecule has 21 heavy (non-hydrogen) atoms. The highest BCUT2D eigenvalue weighted by Gasteiger charge is 2.33. The minimum absolute atomic E-state index is 0.132. The van der Waals surface area contributed by atoms with E-state index in [1.165, 1.54) is 6.42 Å². The summed E-state index contributed by atoms with van der Waals surface area (Å²) in [5.41, 5.74) is 1.30. The molecular formula is C14H21N3O3S. The lowest BCUT2D eigenvalue weighted by Crippen LogP contribution is -2.33. The van der Waals surface area contributed by atoms with Gasteiger partial charge in [-0.25, -0.2) is 13.1 Å². The van der Waals surface area contributed by atoms with Gasteiger partial charge in [-0.2, -0.15) is 5.10 Å². The van der Waals surface area contributed by atoms with E-state index in [1.54, 1.807) is 4.68 Å². The summed E-state index contributed by atoms with van der Waals surface area (Å²) < 4.78 is 25.3. The maximum Gasteiger partial charge on any atom is 0.155 e. The number of aromatic nitrogens is 2. The zero-order chi connectivity index (χ0) is 15.0. The third kappa shape index (κ3) is 2.71. The summed E-state index contributed by atoms with van der Waals surface area (Å²) >= 11 is 0. The summed E-state index contributed by atoms with van der Waals surface area (Å²) in [6, 6.07) is -0.140. The standard InChI is InChI=1S/C14H21N3O3S/c1-11-13(9-18)14(16-6-3-2-4-7-16)17(15-11)12-5-8-21(19,20)10-12/h9,12H,2-8,10H2,1H3. The van der Waals surface area contributed by atoms with E-state index in [0.29, 0.717) is 17.7 Å². The number of rotatable bonds is 3. The van der Waals surface area contributed by atoms with Crippen LogP contribution in [0.15, 0.2) is 0 Å². The van der Waals surface area contributed by atoms with E-state index < -0.39 is 9.84 Å². The Morgan fingerprint density at radius 2 is 1.95 bits per heavy atom. The number of nitrogens with zero attached hydrogens (tertiary/aromatic N) is 3. The number of aryl methyl sites for hydroxylation is 1. The molecule has 0 saturated carbocycles. The van der Waals surface area contributed by atoms with Crippen LogP contribution < -0.4 is 4.90 Å². The van der Waals surface area contributed by atoms with Gasteiger partial charge in [-0.1, -0.05) is 0 Å². The number of anilines is 1. The minimum Gasteiger partial charge on any atom is -0.356 e. The van der Waals surface area contributed by atoms with E-state index in [2.05, 4.69) is 10.00 Å². The highest BCUT2D eigenvalue weighted by Crippen LogP contribution is 2.32. The predicted octanol–water partition coefficient (Wildman–Crippen LogP) is 1.35. The molecule has 1 unspecified atom stereocenters. The largest absolute Gasteiger partial charge is 0.356 e. The number of carbonyl (C=O) groups excluding carboxylic acids is 1. The molecule has 2 aliphatic heterocycles. The highest BCUT2D eigenvalue weighted by molar-refractivity contribution is 7.91. The van der Waals surface area contributed by atoms with E-state index >= 15 is 0 Å². The molecule has 0 N–H and O–H groups in total. The Morgan fingerprint density at radius 3 is 2.52 bits per heavy atom. The molecule has 2 aliphatic rings. The average Bonchev–Trinajstić information content (AvgIpc) is 2.99. The topological polar surface area (TPSA) is 72.3 Å². The number of piperidine rings is 1. The van der Waals surface area contributed by atoms with Crippen LogP contribution in [-0.2, 0) is 9.84 Å². The van der Waals surface area contributed by atoms with Gasteiger partial charge < -0.3 is 4.90 Å². The van der Waals surface area contributed by atoms with Crippen LogP contribution in [0.25, 0.3) is 0 Å². The summed E-state index contributed by atoms with van der Waals surface area (Å²) in [6.45, 7) is 3.63. The molecule has 0 radical (unpaired) electrons. The van der Waals surface area contributed by atoms with Crippen molar-refractivity contribution in [3.8, 4) is 0 Å². The second-order valence-corrected chi connectivity index (χ2v) is 8.22. The molecule has 1 aromatic rings. The number of hydrogen-bond acceptors (Lipinski definition) is 5. The summed E-state index contributed by atoms with van der Waals surface area (Å²) in [5.74, 6) is 1.17. The van der Waals surface area contributed by atoms with Gasteiger partial charge in [0.05, 0.1) is 28.8 Å². The third-order valence-corrected chi connectivity index (χ3v) is 6.18. The minimum atomic E-state index is -2.97. The number of carbonyl (C=O) groups is 1. The van der Waals surface area contributed by atoms with Crippen molar-refractivity contribution in [2.75, 3.05) is 29.5 Å². The molecule has 0 amide bonds. The first-order valence-corrected chi connectivity index (χ1v) is 9.33. The molecule has 6 nitrogen and oxygen atoms in total. The molecule has 0 bridgehead atoms. The van der Waals surface area contributed by atoms with E-state index in [4.69, 9.17) is 0 Å². The molecule has 116 valence electrons. The molecule has 2 fully saturated rings. The van der Waals surface area contributed by atoms with Crippen LogP contribution >= 0.6 is 0 Å². The molecule has 0 aromatic carbocycles. The Kier molecular flexibility index (Phi) is 3.77. The maximum atomic E-state index is 11.7. The van der Waals surface area contributed by atoms with E-state index in [1.807, 2.05) is 6.92 Å². The SMILES string of the molecule is Cc1nn(C2CCS(=O)(=O)C2)c(N2CCCCC2)c1C=O. The Morgan fingerprint density at radius 1 is 1.24 bits per heavy atom. The third-order valence-electron chi connectivity index (χ3n) is 4.43. The van der Waals surface area contributed by atoms with Crippen LogP contribution in [-0.4, -0.2) is 49.1 Å². The predicted molar refractivity (Wildman–Crippen MR) is 80.7 cm³/mol. The van der Waals surface area contributed by atoms with Crippen molar-refractivity contribution >= 4 is 21.9 Å². The zero-order valence-corrected chi connectivity index (χ0v) is 13.1. The van der Waals surface area contributed by atoms with Crippen LogP contribution in [0.1, 0.15) is 47.8 Å². The Balaban J connectivity index is 2.01. The molecule has 2 saturated heterocycles. The van der Waals surface area contributed by atoms with Crippen molar-refractivity contribution in [2.24, 2.45) is 0 Å². The fourth-order valence-corrected chi connectivity index (χ4v) is 5.02. The Bertz CT molecular complexity index is 645. The Hall–Kier alpha value is -1.37. The van der Waals surface area contributed by atoms with Crippen molar-refractivity contribution in [3.63, 3.8) is 0 Å². The maximum absolute atomic E-state index is 11.7. The fourth-order valence-electron chi connectivity index (χ4n) is 3.33. The number of aldehydes is 1. The van der Waals surface area contributed by atoms with Gasteiger partial charge in [0.25, 0.3) is 0 Å². The fraction of sp³-hybridized carbons (Fsp3) is 0.714. The molecule has 7 heteroatoms. The van der Waals surface area contributed by atoms with Crippen molar-refractivity contribution in [1.82, 2.24) is 9.78 Å². The lowest BCUT2D eigenvalue weighted by molar-refractivity contribution is 0.112. The summed E-state index contributed by atoms with van der Waals surface area (Å²) in [7, 11) is -2.97. The van der Waals surface area contributed by atoms with Crippen LogP contribution in [0.4, 0.5) is 5.82 Å². The van der Waals surface area contributed by atoms with Gasteiger partial charge >= 0.3 is 0 Å². The van der Waals surface area contributed by atoms with Crippen molar-refractivity contribution in [3.05, 3.63) is 11.3 Å². The van der Waals surface area contributed by atoms with E-state index in [9.17, 15) is 13.2 Å². The first-order chi connectivity index (χ1) is 10.0. The van der Waals surface area contributed by atoms with Crippen molar-refractivity contribution in [1.29, 1.82) is 0 Å². The van der Waals surface area contributed by atoms with Gasteiger partial charge in [-0.3, -0.25) is 4.79 Å². The molecular weight excluding hydrogens is 290 g/mol. The van der Waals surface area contributed by atoms with E-state index in [0.717, 1.165) is 38.0 Å². The van der Waals surface area contributed by atoms with Gasteiger partial charge in [0.2, 0.25) is 0 Å². The summed E-state index contributed by atoms with van der Waals surface area (Å²) in [6.07, 6.45) is 4.85. The van der Waals surface area contributed by atoms with Crippen LogP contribution in [0.2, 0.25) is 0 Å². The van der Waals surface area contributed by atoms with Crippen LogP contribution in [0, 0.1) is 6.92 Å². The van der Waals surface area contributed by atoms with Gasteiger partial charge in [0.15, 0.2) is 16.1 Å². The van der Waals surface area contributed by atoms with Gasteiger partial charge in [-0.05, 0) is 32.6 Å². The summed E-state index contributed by atoms with van der Waals surface area (Å²) in [5, 5.41) is 4.48. The van der Waals surface area contributed by atoms with Gasteiger partial charge in [-0.15, -0.1) is 0 Å². The van der Waals surface area contributed by atoms with Crippen LogP contribution in [0.5, 0.6) is 0 Å².